The van der Waals surface area contributed by atoms with E-state index in [1.807, 2.05) is 0 Å². The molecule has 0 radical (unpaired) electrons. The van der Waals surface area contributed by atoms with E-state index < -0.39 is 17.3 Å². The fraction of sp³-hybridized carbons (Fsp3) is 0.318. The lowest BCUT2D eigenvalue weighted by molar-refractivity contribution is -0.124. The van der Waals surface area contributed by atoms with Crippen molar-refractivity contribution < 1.29 is 14.3 Å². The first kappa shape index (κ1) is 22.6. The van der Waals surface area contributed by atoms with Gasteiger partial charge in [0.15, 0.2) is 0 Å². The molecule has 0 bridgehead atoms. The smallest absolute Gasteiger partial charge is 0.336 e. The number of amides is 1. The third-order valence-corrected chi connectivity index (χ3v) is 5.20. The zero-order chi connectivity index (χ0) is 22.5. The number of hydrogen-bond acceptors (Lipinski definition) is 5. The molecule has 0 saturated heterocycles. The minimum absolute atomic E-state index is 0.273. The molecule has 1 atom stereocenters. The number of nitrogens with one attached hydrogen (secondary N) is 1. The van der Waals surface area contributed by atoms with Gasteiger partial charge in [0.25, 0.3) is 5.56 Å². The monoisotopic (exact) mass is 445 g/mol. The van der Waals surface area contributed by atoms with E-state index in [1.54, 1.807) is 43.3 Å². The Balaban J connectivity index is 2.31. The van der Waals surface area contributed by atoms with Gasteiger partial charge in [-0.25, -0.2) is 9.36 Å². The highest BCUT2D eigenvalue weighted by molar-refractivity contribution is 6.31. The van der Waals surface area contributed by atoms with Gasteiger partial charge < -0.3 is 14.8 Å². The van der Waals surface area contributed by atoms with Crippen LogP contribution >= 0.6 is 11.6 Å². The van der Waals surface area contributed by atoms with Crippen molar-refractivity contribution in [3.05, 3.63) is 68.3 Å². The molecule has 0 spiro atoms. The van der Waals surface area contributed by atoms with Gasteiger partial charge in [0, 0.05) is 24.7 Å². The summed E-state index contributed by atoms with van der Waals surface area (Å²) in [5.41, 5.74) is -0.498. The molecule has 0 aliphatic carbocycles. The summed E-state index contributed by atoms with van der Waals surface area (Å²) in [4.78, 5) is 39.7. The summed E-state index contributed by atoms with van der Waals surface area (Å²) in [6, 6.07) is 10.4. The molecular formula is C22H24ClN3O5. The zero-order valence-electron chi connectivity index (χ0n) is 17.6. The van der Waals surface area contributed by atoms with Crippen molar-refractivity contribution >= 4 is 28.4 Å². The summed E-state index contributed by atoms with van der Waals surface area (Å²) in [7, 11) is 3.04. The molecule has 1 N–H and O–H groups in total. The number of fused-ring (bicyclic) bond motifs is 1. The fourth-order valence-corrected chi connectivity index (χ4v) is 3.63. The Hall–Kier alpha value is -3.10. The largest absolute Gasteiger partial charge is 0.497 e. The van der Waals surface area contributed by atoms with Crippen LogP contribution in [0.25, 0.3) is 16.6 Å². The third-order valence-electron chi connectivity index (χ3n) is 4.97. The second-order valence-electron chi connectivity index (χ2n) is 6.86. The maximum atomic E-state index is 13.6. The lowest BCUT2D eigenvalue weighted by Gasteiger charge is -2.22. The predicted molar refractivity (Wildman–Crippen MR) is 120 cm³/mol. The van der Waals surface area contributed by atoms with E-state index in [1.165, 1.54) is 24.9 Å². The van der Waals surface area contributed by atoms with Crippen LogP contribution in [0.5, 0.6) is 5.75 Å². The van der Waals surface area contributed by atoms with Crippen molar-refractivity contribution in [3.8, 4) is 11.4 Å². The first-order valence-electron chi connectivity index (χ1n) is 9.80. The highest BCUT2D eigenvalue weighted by atomic mass is 35.5. The van der Waals surface area contributed by atoms with Crippen molar-refractivity contribution in [3.63, 3.8) is 0 Å². The molecule has 0 saturated carbocycles. The highest BCUT2D eigenvalue weighted by Crippen LogP contribution is 2.22. The number of carbonyl (C=O) groups excluding carboxylic acids is 1. The number of benzene rings is 2. The molecule has 31 heavy (non-hydrogen) atoms. The van der Waals surface area contributed by atoms with Crippen molar-refractivity contribution in [2.75, 3.05) is 27.4 Å². The van der Waals surface area contributed by atoms with E-state index in [9.17, 15) is 14.4 Å². The van der Waals surface area contributed by atoms with E-state index >= 15 is 0 Å². The number of carbonyl (C=O) groups is 1. The Bertz CT molecular complexity index is 1220. The molecule has 3 rings (SSSR count). The summed E-state index contributed by atoms with van der Waals surface area (Å²) in [5, 5.41) is 3.40. The van der Waals surface area contributed by atoms with Crippen molar-refractivity contribution in [2.24, 2.45) is 0 Å². The maximum Gasteiger partial charge on any atom is 0.336 e. The summed E-state index contributed by atoms with van der Waals surface area (Å²) >= 11 is 6.16. The van der Waals surface area contributed by atoms with Crippen molar-refractivity contribution in [1.82, 2.24) is 14.5 Å². The Labute approximate surface area is 184 Å². The van der Waals surface area contributed by atoms with Crippen LogP contribution in [0.2, 0.25) is 5.02 Å². The minimum atomic E-state index is -0.845. The zero-order valence-corrected chi connectivity index (χ0v) is 18.3. The Morgan fingerprint density at radius 1 is 1.16 bits per heavy atom. The molecule has 1 unspecified atom stereocenters. The van der Waals surface area contributed by atoms with E-state index in [4.69, 9.17) is 21.1 Å². The number of hydrogen-bond donors (Lipinski definition) is 1. The standard InChI is InChI=1S/C22H24ClN3O5/c1-4-18(20(27)24-10-11-30-2)26-19-12-14(23)8-9-17(19)21(28)25(22(26)29)15-6-5-7-16(13-15)31-3/h5-9,12-13,18H,4,10-11H2,1-3H3,(H,24,27). The molecule has 0 aliphatic rings. The van der Waals surface area contributed by atoms with Gasteiger partial charge in [0.1, 0.15) is 11.8 Å². The molecule has 8 nitrogen and oxygen atoms in total. The molecule has 9 heteroatoms. The van der Waals surface area contributed by atoms with Crippen LogP contribution in [0.4, 0.5) is 0 Å². The highest BCUT2D eigenvalue weighted by Gasteiger charge is 2.25. The van der Waals surface area contributed by atoms with Crippen molar-refractivity contribution in [2.45, 2.75) is 19.4 Å². The third kappa shape index (κ3) is 4.50. The molecular weight excluding hydrogens is 422 g/mol. The molecule has 164 valence electrons. The van der Waals surface area contributed by atoms with Gasteiger partial charge in [-0.15, -0.1) is 0 Å². The molecule has 0 fully saturated rings. The van der Waals surface area contributed by atoms with Crippen LogP contribution in [-0.4, -0.2) is 42.4 Å². The summed E-state index contributed by atoms with van der Waals surface area (Å²) in [6.45, 7) is 2.44. The van der Waals surface area contributed by atoms with Crippen LogP contribution in [0.3, 0.4) is 0 Å². The van der Waals surface area contributed by atoms with E-state index in [0.717, 1.165) is 4.57 Å². The van der Waals surface area contributed by atoms with E-state index in [0.29, 0.717) is 41.5 Å². The maximum absolute atomic E-state index is 13.6. The normalized spacial score (nSPS) is 12.0. The SMILES string of the molecule is CCC(C(=O)NCCOC)n1c(=O)n(-c2cccc(OC)c2)c(=O)c2ccc(Cl)cc21. The molecule has 3 aromatic rings. The predicted octanol–water partition coefficient (Wildman–Crippen LogP) is 2.53. The first-order chi connectivity index (χ1) is 14.9. The van der Waals surface area contributed by atoms with Gasteiger partial charge in [0.05, 0.1) is 30.3 Å². The van der Waals surface area contributed by atoms with Gasteiger partial charge in [-0.05, 0) is 36.8 Å². The molecule has 1 amide bonds. The Morgan fingerprint density at radius 2 is 1.94 bits per heavy atom. The average Bonchev–Trinajstić information content (AvgIpc) is 2.76. The van der Waals surface area contributed by atoms with Crippen LogP contribution < -0.4 is 21.3 Å². The van der Waals surface area contributed by atoms with Gasteiger partial charge in [0.2, 0.25) is 5.91 Å². The lowest BCUT2D eigenvalue weighted by atomic mass is 10.1. The lowest BCUT2D eigenvalue weighted by Crippen LogP contribution is -2.44. The van der Waals surface area contributed by atoms with Crippen molar-refractivity contribution in [1.29, 1.82) is 0 Å². The Morgan fingerprint density at radius 3 is 2.61 bits per heavy atom. The number of halogens is 1. The second kappa shape index (κ2) is 9.80. The topological polar surface area (TPSA) is 91.6 Å². The average molecular weight is 446 g/mol. The van der Waals surface area contributed by atoms with Gasteiger partial charge in [-0.3, -0.25) is 14.2 Å². The number of methoxy groups -OCH3 is 2. The molecule has 1 aromatic heterocycles. The fourth-order valence-electron chi connectivity index (χ4n) is 3.46. The molecule has 0 aliphatic heterocycles. The van der Waals surface area contributed by atoms with Crippen LogP contribution in [0, 0.1) is 0 Å². The van der Waals surface area contributed by atoms with Gasteiger partial charge in [-0.2, -0.15) is 0 Å². The number of aromatic nitrogens is 2. The van der Waals surface area contributed by atoms with Gasteiger partial charge >= 0.3 is 5.69 Å². The second-order valence-corrected chi connectivity index (χ2v) is 7.30. The minimum Gasteiger partial charge on any atom is -0.497 e. The number of rotatable bonds is 8. The number of ether oxygens (including phenoxy) is 2. The Kier molecular flexibility index (Phi) is 7.14. The van der Waals surface area contributed by atoms with E-state index in [2.05, 4.69) is 5.32 Å². The molecule has 2 aromatic carbocycles. The number of nitrogens with zero attached hydrogens (tertiary/aromatic N) is 2. The van der Waals surface area contributed by atoms with Gasteiger partial charge in [-0.1, -0.05) is 24.6 Å². The van der Waals surface area contributed by atoms with Crippen LogP contribution in [-0.2, 0) is 9.53 Å². The first-order valence-corrected chi connectivity index (χ1v) is 10.2. The summed E-state index contributed by atoms with van der Waals surface area (Å²) in [6.07, 6.45) is 0.330. The quantitative estimate of drug-likeness (QED) is 0.538. The summed E-state index contributed by atoms with van der Waals surface area (Å²) in [5.74, 6) is 0.148. The van der Waals surface area contributed by atoms with Crippen LogP contribution in [0.15, 0.2) is 52.1 Å². The van der Waals surface area contributed by atoms with Crippen LogP contribution in [0.1, 0.15) is 19.4 Å². The van der Waals surface area contributed by atoms with E-state index in [-0.39, 0.29) is 11.3 Å². The molecule has 1 heterocycles. The summed E-state index contributed by atoms with van der Waals surface area (Å²) < 4.78 is 12.6.